The lowest BCUT2D eigenvalue weighted by Crippen LogP contribution is -2.49. The monoisotopic (exact) mass is 368 g/mol. The Morgan fingerprint density at radius 2 is 1.81 bits per heavy atom. The summed E-state index contributed by atoms with van der Waals surface area (Å²) in [6.07, 6.45) is -0.498. The van der Waals surface area contributed by atoms with E-state index in [1.807, 2.05) is 67.3 Å². The smallest absolute Gasteiger partial charge is 0.253 e. The third kappa shape index (κ3) is 4.87. The first-order valence-electron chi connectivity index (χ1n) is 9.56. The fourth-order valence-corrected chi connectivity index (χ4v) is 3.44. The molecular weight excluding hydrogens is 340 g/mol. The summed E-state index contributed by atoms with van der Waals surface area (Å²) in [5.74, 6) is 0.887. The second-order valence-electron chi connectivity index (χ2n) is 6.93. The van der Waals surface area contributed by atoms with Crippen molar-refractivity contribution >= 4 is 5.91 Å². The van der Waals surface area contributed by atoms with Gasteiger partial charge in [0.25, 0.3) is 5.91 Å². The lowest BCUT2D eigenvalue weighted by Gasteiger charge is -2.35. The van der Waals surface area contributed by atoms with Crippen LogP contribution in [0.3, 0.4) is 0 Å². The van der Waals surface area contributed by atoms with E-state index in [4.69, 9.17) is 4.74 Å². The first-order valence-corrected chi connectivity index (χ1v) is 9.56. The second-order valence-corrected chi connectivity index (χ2v) is 6.93. The highest BCUT2D eigenvalue weighted by atomic mass is 16.5. The molecule has 0 saturated carbocycles. The third-order valence-corrected chi connectivity index (χ3v) is 5.00. The standard InChI is InChI=1S/C22H28N2O3/c1-3-27-21-10-9-19(15-17(21)2)22(26)24-13-11-23(12-14-24)16-20(25)18-7-5-4-6-8-18/h4-10,15,20,25H,3,11-14,16H2,1-2H3. The molecule has 1 fully saturated rings. The molecule has 1 unspecified atom stereocenters. The Morgan fingerprint density at radius 3 is 2.44 bits per heavy atom. The molecule has 27 heavy (non-hydrogen) atoms. The van der Waals surface area contributed by atoms with Gasteiger partial charge in [-0.15, -0.1) is 0 Å². The van der Waals surface area contributed by atoms with Crippen LogP contribution in [0.2, 0.25) is 0 Å². The fourth-order valence-electron chi connectivity index (χ4n) is 3.44. The van der Waals surface area contributed by atoms with E-state index in [0.717, 1.165) is 30.0 Å². The van der Waals surface area contributed by atoms with Gasteiger partial charge < -0.3 is 14.7 Å². The molecule has 144 valence electrons. The average molecular weight is 368 g/mol. The van der Waals surface area contributed by atoms with Crippen molar-refractivity contribution in [3.63, 3.8) is 0 Å². The minimum Gasteiger partial charge on any atom is -0.494 e. The Hall–Kier alpha value is -2.37. The van der Waals surface area contributed by atoms with Crippen molar-refractivity contribution in [2.24, 2.45) is 0 Å². The zero-order valence-corrected chi connectivity index (χ0v) is 16.1. The van der Waals surface area contributed by atoms with Crippen LogP contribution >= 0.6 is 0 Å². The summed E-state index contributed by atoms with van der Waals surface area (Å²) in [5, 5.41) is 10.4. The highest BCUT2D eigenvalue weighted by Gasteiger charge is 2.24. The molecule has 0 radical (unpaired) electrons. The Balaban J connectivity index is 1.54. The minimum atomic E-state index is -0.498. The normalized spacial score (nSPS) is 16.2. The predicted molar refractivity (Wildman–Crippen MR) is 106 cm³/mol. The first-order chi connectivity index (χ1) is 13.1. The number of aliphatic hydroxyl groups is 1. The van der Waals surface area contributed by atoms with E-state index in [-0.39, 0.29) is 5.91 Å². The van der Waals surface area contributed by atoms with Gasteiger partial charge in [0.1, 0.15) is 5.75 Å². The molecule has 1 saturated heterocycles. The van der Waals surface area contributed by atoms with Crippen molar-refractivity contribution in [1.82, 2.24) is 9.80 Å². The fraction of sp³-hybridized carbons (Fsp3) is 0.409. The lowest BCUT2D eigenvalue weighted by atomic mass is 10.1. The number of carbonyl (C=O) groups is 1. The van der Waals surface area contributed by atoms with Gasteiger partial charge in [-0.1, -0.05) is 30.3 Å². The van der Waals surface area contributed by atoms with E-state index in [1.54, 1.807) is 0 Å². The summed E-state index contributed by atoms with van der Waals surface area (Å²) < 4.78 is 5.55. The van der Waals surface area contributed by atoms with Gasteiger partial charge >= 0.3 is 0 Å². The number of aryl methyl sites for hydroxylation is 1. The van der Waals surface area contributed by atoms with Crippen molar-refractivity contribution in [3.05, 3.63) is 65.2 Å². The minimum absolute atomic E-state index is 0.0596. The predicted octanol–water partition coefficient (Wildman–Crippen LogP) is 2.89. The van der Waals surface area contributed by atoms with Crippen LogP contribution in [-0.2, 0) is 0 Å². The number of aliphatic hydroxyl groups excluding tert-OH is 1. The molecule has 2 aromatic carbocycles. The molecule has 1 heterocycles. The van der Waals surface area contributed by atoms with Crippen LogP contribution < -0.4 is 4.74 Å². The molecule has 0 spiro atoms. The molecule has 1 aliphatic heterocycles. The number of rotatable bonds is 6. The molecule has 1 amide bonds. The Kier molecular flexibility index (Phi) is 6.48. The maximum absolute atomic E-state index is 12.8. The van der Waals surface area contributed by atoms with E-state index in [1.165, 1.54) is 0 Å². The van der Waals surface area contributed by atoms with Crippen LogP contribution in [0.15, 0.2) is 48.5 Å². The van der Waals surface area contributed by atoms with Crippen LogP contribution in [0, 0.1) is 6.92 Å². The number of hydrogen-bond donors (Lipinski definition) is 1. The van der Waals surface area contributed by atoms with Gasteiger partial charge in [0, 0.05) is 38.3 Å². The van der Waals surface area contributed by atoms with Crippen LogP contribution in [0.25, 0.3) is 0 Å². The van der Waals surface area contributed by atoms with Crippen molar-refractivity contribution in [3.8, 4) is 5.75 Å². The maximum atomic E-state index is 12.8. The lowest BCUT2D eigenvalue weighted by molar-refractivity contribution is 0.0527. The quantitative estimate of drug-likeness (QED) is 0.852. The van der Waals surface area contributed by atoms with Gasteiger partial charge in [-0.25, -0.2) is 0 Å². The molecule has 0 aliphatic carbocycles. The largest absolute Gasteiger partial charge is 0.494 e. The maximum Gasteiger partial charge on any atom is 0.253 e. The summed E-state index contributed by atoms with van der Waals surface area (Å²) in [5.41, 5.74) is 2.61. The third-order valence-electron chi connectivity index (χ3n) is 5.00. The molecule has 1 aliphatic rings. The average Bonchev–Trinajstić information content (AvgIpc) is 2.70. The van der Waals surface area contributed by atoms with Crippen molar-refractivity contribution in [2.75, 3.05) is 39.3 Å². The molecule has 2 aromatic rings. The number of β-amino-alcohol motifs (C(OH)–C–C–N with tert-alkyl or cyclic N) is 1. The first kappa shape index (κ1) is 19.4. The number of ether oxygens (including phenoxy) is 1. The zero-order valence-electron chi connectivity index (χ0n) is 16.1. The van der Waals surface area contributed by atoms with Crippen LogP contribution in [-0.4, -0.2) is 60.1 Å². The van der Waals surface area contributed by atoms with Crippen molar-refractivity contribution < 1.29 is 14.6 Å². The van der Waals surface area contributed by atoms with E-state index in [2.05, 4.69) is 4.90 Å². The number of benzene rings is 2. The Morgan fingerprint density at radius 1 is 1.11 bits per heavy atom. The molecule has 3 rings (SSSR count). The number of amides is 1. The Labute approximate surface area is 161 Å². The van der Waals surface area contributed by atoms with Gasteiger partial charge in [0.15, 0.2) is 0 Å². The van der Waals surface area contributed by atoms with E-state index >= 15 is 0 Å². The van der Waals surface area contributed by atoms with Crippen molar-refractivity contribution in [1.29, 1.82) is 0 Å². The van der Waals surface area contributed by atoms with Gasteiger partial charge in [-0.2, -0.15) is 0 Å². The van der Waals surface area contributed by atoms with Gasteiger partial charge in [-0.3, -0.25) is 9.69 Å². The van der Waals surface area contributed by atoms with E-state index in [9.17, 15) is 9.90 Å². The van der Waals surface area contributed by atoms with Gasteiger partial charge in [-0.05, 0) is 43.2 Å². The number of nitrogens with zero attached hydrogens (tertiary/aromatic N) is 2. The van der Waals surface area contributed by atoms with Crippen LogP contribution in [0.5, 0.6) is 5.75 Å². The van der Waals surface area contributed by atoms with Crippen LogP contribution in [0.4, 0.5) is 0 Å². The number of carbonyl (C=O) groups excluding carboxylic acids is 1. The highest BCUT2D eigenvalue weighted by Crippen LogP contribution is 2.21. The second kappa shape index (κ2) is 9.02. The van der Waals surface area contributed by atoms with E-state index in [0.29, 0.717) is 31.8 Å². The van der Waals surface area contributed by atoms with Crippen molar-refractivity contribution in [2.45, 2.75) is 20.0 Å². The SMILES string of the molecule is CCOc1ccc(C(=O)N2CCN(CC(O)c3ccccc3)CC2)cc1C. The summed E-state index contributed by atoms with van der Waals surface area (Å²) in [7, 11) is 0. The summed E-state index contributed by atoms with van der Waals surface area (Å²) in [6, 6.07) is 15.3. The number of piperazine rings is 1. The summed E-state index contributed by atoms with van der Waals surface area (Å²) in [6.45, 7) is 8.01. The Bertz CT molecular complexity index is 755. The molecule has 5 heteroatoms. The zero-order chi connectivity index (χ0) is 19.2. The summed E-state index contributed by atoms with van der Waals surface area (Å²) in [4.78, 5) is 16.9. The van der Waals surface area contributed by atoms with E-state index < -0.39 is 6.10 Å². The highest BCUT2D eigenvalue weighted by molar-refractivity contribution is 5.94. The molecule has 0 bridgehead atoms. The summed E-state index contributed by atoms with van der Waals surface area (Å²) >= 11 is 0. The number of hydrogen-bond acceptors (Lipinski definition) is 4. The topological polar surface area (TPSA) is 53.0 Å². The molecule has 5 nitrogen and oxygen atoms in total. The molecule has 1 N–H and O–H groups in total. The molecule has 1 atom stereocenters. The van der Waals surface area contributed by atoms with Crippen LogP contribution in [0.1, 0.15) is 34.5 Å². The molecule has 0 aromatic heterocycles. The van der Waals surface area contributed by atoms with Gasteiger partial charge in [0.2, 0.25) is 0 Å². The molecular formula is C22H28N2O3. The van der Waals surface area contributed by atoms with Gasteiger partial charge in [0.05, 0.1) is 12.7 Å².